The molecule has 3 heterocycles. The molecule has 0 aromatic carbocycles. The van der Waals surface area contributed by atoms with Crippen molar-refractivity contribution in [1.29, 1.82) is 0 Å². The van der Waals surface area contributed by atoms with Crippen LogP contribution in [0.15, 0.2) is 11.6 Å². The molecule has 4 nitrogen and oxygen atoms in total. The number of hydrogen-bond donors (Lipinski definition) is 1. The fourth-order valence-electron chi connectivity index (χ4n) is 3.11. The lowest BCUT2D eigenvalue weighted by atomic mass is 9.98. The Hall–Kier alpha value is -1.07. The van der Waals surface area contributed by atoms with Crippen LogP contribution in [0.3, 0.4) is 0 Å². The molecule has 1 N–H and O–H groups in total. The lowest BCUT2D eigenvalue weighted by Gasteiger charge is -2.36. The quantitative estimate of drug-likeness (QED) is 0.935. The molecule has 1 fully saturated rings. The monoisotopic (exact) mass is 279 g/mol. The third kappa shape index (κ3) is 2.25. The molecule has 2 aromatic rings. The maximum atomic E-state index is 9.69. The van der Waals surface area contributed by atoms with Gasteiger partial charge in [-0.05, 0) is 25.7 Å². The Labute approximate surface area is 117 Å². The van der Waals surface area contributed by atoms with E-state index in [4.69, 9.17) is 4.98 Å². The van der Waals surface area contributed by atoms with Crippen molar-refractivity contribution in [2.45, 2.75) is 51.7 Å². The van der Waals surface area contributed by atoms with Crippen LogP contribution in [0.5, 0.6) is 0 Å². The van der Waals surface area contributed by atoms with Gasteiger partial charge in [-0.3, -0.25) is 4.40 Å². The second-order valence-electron chi connectivity index (χ2n) is 5.23. The van der Waals surface area contributed by atoms with Crippen LogP contribution in [0.4, 0.5) is 5.82 Å². The molecule has 1 atom stereocenters. The lowest BCUT2D eigenvalue weighted by Crippen LogP contribution is -2.40. The van der Waals surface area contributed by atoms with Crippen LogP contribution in [-0.2, 0) is 6.61 Å². The zero-order chi connectivity index (χ0) is 13.2. The molecule has 2 aromatic heterocycles. The molecule has 1 aliphatic rings. The normalized spacial score (nSPS) is 20.3. The average Bonchev–Trinajstić information content (AvgIpc) is 2.99. The third-order valence-corrected chi connectivity index (χ3v) is 4.77. The molecule has 1 aliphatic heterocycles. The van der Waals surface area contributed by atoms with Gasteiger partial charge in [0.05, 0.1) is 12.3 Å². The van der Waals surface area contributed by atoms with Crippen molar-refractivity contribution in [3.8, 4) is 0 Å². The molecule has 0 radical (unpaired) electrons. The van der Waals surface area contributed by atoms with Crippen LogP contribution < -0.4 is 4.90 Å². The summed E-state index contributed by atoms with van der Waals surface area (Å²) >= 11 is 1.63. The van der Waals surface area contributed by atoms with Crippen molar-refractivity contribution in [3.63, 3.8) is 0 Å². The van der Waals surface area contributed by atoms with Crippen LogP contribution in [0, 0.1) is 0 Å². The van der Waals surface area contributed by atoms with E-state index >= 15 is 0 Å². The number of fused-ring (bicyclic) bond motifs is 1. The van der Waals surface area contributed by atoms with Gasteiger partial charge in [-0.25, -0.2) is 4.98 Å². The summed E-state index contributed by atoms with van der Waals surface area (Å²) in [7, 11) is 0. The molecule has 3 rings (SSSR count). The zero-order valence-electron chi connectivity index (χ0n) is 11.4. The van der Waals surface area contributed by atoms with E-state index in [-0.39, 0.29) is 6.61 Å². The SMILES string of the molecule is CCCC1CCCCN1c1nc2sccn2c1CO. The summed E-state index contributed by atoms with van der Waals surface area (Å²) in [5.74, 6) is 1.01. The van der Waals surface area contributed by atoms with Crippen molar-refractivity contribution in [2.75, 3.05) is 11.4 Å². The first-order valence-corrected chi connectivity index (χ1v) is 8.05. The molecular formula is C14H21N3OS. The predicted molar refractivity (Wildman–Crippen MR) is 78.9 cm³/mol. The molecule has 104 valence electrons. The molecule has 19 heavy (non-hydrogen) atoms. The first-order valence-electron chi connectivity index (χ1n) is 7.17. The molecule has 0 spiro atoms. The fourth-order valence-corrected chi connectivity index (χ4v) is 3.84. The van der Waals surface area contributed by atoms with Crippen molar-refractivity contribution in [2.24, 2.45) is 0 Å². The van der Waals surface area contributed by atoms with Gasteiger partial charge in [0.15, 0.2) is 10.8 Å². The van der Waals surface area contributed by atoms with Crippen LogP contribution in [-0.4, -0.2) is 27.1 Å². The van der Waals surface area contributed by atoms with Crippen molar-refractivity contribution in [1.82, 2.24) is 9.38 Å². The molecule has 0 saturated carbocycles. The molecular weight excluding hydrogens is 258 g/mol. The summed E-state index contributed by atoms with van der Waals surface area (Å²) in [5.41, 5.74) is 0.944. The van der Waals surface area contributed by atoms with Gasteiger partial charge in [-0.15, -0.1) is 11.3 Å². The molecule has 0 amide bonds. The Kier molecular flexibility index (Phi) is 3.75. The van der Waals surface area contributed by atoms with E-state index in [2.05, 4.69) is 11.8 Å². The molecule has 0 bridgehead atoms. The zero-order valence-corrected chi connectivity index (χ0v) is 12.2. The summed E-state index contributed by atoms with van der Waals surface area (Å²) in [5, 5.41) is 11.7. The van der Waals surface area contributed by atoms with E-state index in [1.807, 2.05) is 16.0 Å². The number of nitrogens with zero attached hydrogens (tertiary/aromatic N) is 3. The van der Waals surface area contributed by atoms with Crippen LogP contribution in [0.25, 0.3) is 4.96 Å². The van der Waals surface area contributed by atoms with Gasteiger partial charge in [0.2, 0.25) is 0 Å². The Morgan fingerprint density at radius 3 is 3.16 bits per heavy atom. The number of aliphatic hydroxyl groups excluding tert-OH is 1. The highest BCUT2D eigenvalue weighted by Crippen LogP contribution is 2.31. The smallest absolute Gasteiger partial charge is 0.195 e. The molecule has 1 saturated heterocycles. The average molecular weight is 279 g/mol. The minimum absolute atomic E-state index is 0.0581. The van der Waals surface area contributed by atoms with E-state index in [9.17, 15) is 5.11 Å². The van der Waals surface area contributed by atoms with E-state index in [0.29, 0.717) is 6.04 Å². The first kappa shape index (κ1) is 12.9. The summed E-state index contributed by atoms with van der Waals surface area (Å²) < 4.78 is 2.03. The number of aliphatic hydroxyl groups is 1. The largest absolute Gasteiger partial charge is 0.390 e. The van der Waals surface area contributed by atoms with Gasteiger partial charge in [0.25, 0.3) is 0 Å². The van der Waals surface area contributed by atoms with E-state index < -0.39 is 0 Å². The third-order valence-electron chi connectivity index (χ3n) is 4.01. The minimum atomic E-state index is 0.0581. The van der Waals surface area contributed by atoms with Crippen LogP contribution in [0.2, 0.25) is 0 Å². The number of piperidine rings is 1. The first-order chi connectivity index (χ1) is 9.35. The summed E-state index contributed by atoms with van der Waals surface area (Å²) in [6.45, 7) is 3.37. The highest BCUT2D eigenvalue weighted by Gasteiger charge is 2.26. The lowest BCUT2D eigenvalue weighted by molar-refractivity contribution is 0.275. The van der Waals surface area contributed by atoms with Gasteiger partial charge in [-0.2, -0.15) is 0 Å². The van der Waals surface area contributed by atoms with Gasteiger partial charge in [0.1, 0.15) is 0 Å². The van der Waals surface area contributed by atoms with E-state index in [1.54, 1.807) is 11.3 Å². The fraction of sp³-hybridized carbons (Fsp3) is 0.643. The van der Waals surface area contributed by atoms with Crippen molar-refractivity contribution < 1.29 is 5.11 Å². The number of aromatic nitrogens is 2. The predicted octanol–water partition coefficient (Wildman–Crippen LogP) is 3.05. The maximum absolute atomic E-state index is 9.69. The number of imidazole rings is 1. The molecule has 5 heteroatoms. The van der Waals surface area contributed by atoms with E-state index in [0.717, 1.165) is 23.0 Å². The Balaban J connectivity index is 1.98. The van der Waals surface area contributed by atoms with E-state index in [1.165, 1.54) is 32.1 Å². The second kappa shape index (κ2) is 5.51. The van der Waals surface area contributed by atoms with Crippen LogP contribution >= 0.6 is 11.3 Å². The number of hydrogen-bond acceptors (Lipinski definition) is 4. The highest BCUT2D eigenvalue weighted by molar-refractivity contribution is 7.15. The number of rotatable bonds is 4. The number of thiazole rings is 1. The minimum Gasteiger partial charge on any atom is -0.390 e. The van der Waals surface area contributed by atoms with Crippen molar-refractivity contribution >= 4 is 22.1 Å². The second-order valence-corrected chi connectivity index (χ2v) is 6.10. The van der Waals surface area contributed by atoms with Gasteiger partial charge in [-0.1, -0.05) is 13.3 Å². The van der Waals surface area contributed by atoms with Gasteiger partial charge < -0.3 is 10.0 Å². The van der Waals surface area contributed by atoms with Gasteiger partial charge in [0, 0.05) is 24.2 Å². The number of anilines is 1. The highest BCUT2D eigenvalue weighted by atomic mass is 32.1. The summed E-state index contributed by atoms with van der Waals surface area (Å²) in [4.78, 5) is 8.16. The maximum Gasteiger partial charge on any atom is 0.195 e. The molecule has 1 unspecified atom stereocenters. The molecule has 0 aliphatic carbocycles. The topological polar surface area (TPSA) is 40.8 Å². The van der Waals surface area contributed by atoms with Crippen LogP contribution in [0.1, 0.15) is 44.7 Å². The Bertz CT molecular complexity index is 546. The Morgan fingerprint density at radius 1 is 1.47 bits per heavy atom. The Morgan fingerprint density at radius 2 is 2.37 bits per heavy atom. The van der Waals surface area contributed by atoms with Gasteiger partial charge >= 0.3 is 0 Å². The summed E-state index contributed by atoms with van der Waals surface area (Å²) in [6.07, 6.45) is 8.23. The van der Waals surface area contributed by atoms with Crippen molar-refractivity contribution in [3.05, 3.63) is 17.3 Å². The summed E-state index contributed by atoms with van der Waals surface area (Å²) in [6, 6.07) is 0.591. The standard InChI is InChI=1S/C14H21N3OS/c1-2-5-11-6-3-4-7-16(11)13-12(10-18)17-8-9-19-14(17)15-13/h8-9,11,18H,2-7,10H2,1H3.